The molecule has 102 valence electrons. The summed E-state index contributed by atoms with van der Waals surface area (Å²) in [4.78, 5) is 0. The minimum absolute atomic E-state index is 0.0897. The molecule has 0 amide bonds. The minimum Gasteiger partial charge on any atom is -0.448 e. The van der Waals surface area contributed by atoms with E-state index in [0.717, 1.165) is 11.0 Å². The summed E-state index contributed by atoms with van der Waals surface area (Å²) < 4.78 is 20.0. The molecule has 1 heterocycles. The molecule has 2 rings (SSSR count). The first-order chi connectivity index (χ1) is 9.10. The van der Waals surface area contributed by atoms with Crippen LogP contribution in [0.4, 0.5) is 4.39 Å². The maximum absolute atomic E-state index is 13.9. The molecule has 0 radical (unpaired) electrons. The van der Waals surface area contributed by atoms with E-state index in [0.29, 0.717) is 23.0 Å². The van der Waals surface area contributed by atoms with E-state index in [1.54, 1.807) is 12.1 Å². The summed E-state index contributed by atoms with van der Waals surface area (Å²) in [6, 6.07) is 8.48. The van der Waals surface area contributed by atoms with E-state index < -0.39 is 0 Å². The highest BCUT2D eigenvalue weighted by Crippen LogP contribution is 2.25. The number of hydrogen-bond acceptors (Lipinski definition) is 2. The lowest BCUT2D eigenvalue weighted by atomic mass is 10.0. The third-order valence-corrected chi connectivity index (χ3v) is 3.52. The fourth-order valence-corrected chi connectivity index (χ4v) is 2.43. The minimum atomic E-state index is -0.227. The summed E-state index contributed by atoms with van der Waals surface area (Å²) in [5.41, 5.74) is 0.640. The van der Waals surface area contributed by atoms with Crippen molar-refractivity contribution in [1.29, 1.82) is 0 Å². The summed E-state index contributed by atoms with van der Waals surface area (Å²) in [5, 5.41) is 3.61. The van der Waals surface area contributed by atoms with Crippen LogP contribution in [-0.2, 0) is 6.42 Å². The van der Waals surface area contributed by atoms with Crippen molar-refractivity contribution in [1.82, 2.24) is 5.32 Å². The second-order valence-corrected chi connectivity index (χ2v) is 5.48. The highest BCUT2D eigenvalue weighted by molar-refractivity contribution is 9.10. The molecule has 5 heteroatoms. The summed E-state index contributed by atoms with van der Waals surface area (Å²) in [7, 11) is 0. The van der Waals surface area contributed by atoms with Gasteiger partial charge in [0, 0.05) is 4.47 Å². The average molecular weight is 347 g/mol. The molecule has 2 aromatic rings. The Morgan fingerprint density at radius 1 is 1.37 bits per heavy atom. The quantitative estimate of drug-likeness (QED) is 0.847. The van der Waals surface area contributed by atoms with Crippen LogP contribution in [0.3, 0.4) is 0 Å². The molecule has 1 atom stereocenters. The van der Waals surface area contributed by atoms with Gasteiger partial charge in [-0.05, 0) is 54.4 Å². The molecule has 0 aliphatic rings. The van der Waals surface area contributed by atoms with Crippen LogP contribution in [0.1, 0.15) is 24.3 Å². The van der Waals surface area contributed by atoms with Gasteiger partial charge >= 0.3 is 0 Å². The molecule has 1 unspecified atom stereocenters. The predicted molar refractivity (Wildman–Crippen MR) is 77.9 cm³/mol. The van der Waals surface area contributed by atoms with E-state index in [-0.39, 0.29) is 11.9 Å². The molecule has 1 N–H and O–H groups in total. The van der Waals surface area contributed by atoms with Crippen LogP contribution in [0.25, 0.3) is 0 Å². The molecule has 0 aliphatic carbocycles. The maximum Gasteiger partial charge on any atom is 0.193 e. The zero-order chi connectivity index (χ0) is 13.8. The number of benzene rings is 1. The van der Waals surface area contributed by atoms with E-state index >= 15 is 0 Å². The number of likely N-dealkylation sites (N-methyl/N-ethyl adjacent to an activating group) is 1. The van der Waals surface area contributed by atoms with E-state index in [9.17, 15) is 4.39 Å². The van der Waals surface area contributed by atoms with Crippen LogP contribution in [0, 0.1) is 5.82 Å². The molecular formula is C14H14BrClFNO. The topological polar surface area (TPSA) is 25.2 Å². The fourth-order valence-electron chi connectivity index (χ4n) is 1.94. The first-order valence-corrected chi connectivity index (χ1v) is 7.19. The Morgan fingerprint density at radius 2 is 2.16 bits per heavy atom. The second-order valence-electron chi connectivity index (χ2n) is 4.19. The Labute approximate surface area is 125 Å². The first-order valence-electron chi connectivity index (χ1n) is 6.02. The molecule has 19 heavy (non-hydrogen) atoms. The van der Waals surface area contributed by atoms with Crippen LogP contribution in [-0.4, -0.2) is 6.54 Å². The van der Waals surface area contributed by atoms with Crippen molar-refractivity contribution in [2.45, 2.75) is 19.4 Å². The zero-order valence-corrected chi connectivity index (χ0v) is 12.8. The van der Waals surface area contributed by atoms with Gasteiger partial charge in [0.25, 0.3) is 0 Å². The molecule has 1 aromatic heterocycles. The molecular weight excluding hydrogens is 333 g/mol. The highest BCUT2D eigenvalue weighted by Gasteiger charge is 2.17. The third kappa shape index (κ3) is 3.81. The van der Waals surface area contributed by atoms with E-state index in [2.05, 4.69) is 21.2 Å². The van der Waals surface area contributed by atoms with Crippen molar-refractivity contribution in [3.63, 3.8) is 0 Å². The standard InChI is InChI=1S/C14H14BrClFNO/c1-2-18-12(13-5-6-14(16)19-13)7-9-3-4-10(15)8-11(9)17/h3-6,8,12,18H,2,7H2,1H3. The smallest absolute Gasteiger partial charge is 0.193 e. The number of furan rings is 1. The number of hydrogen-bond donors (Lipinski definition) is 1. The summed E-state index contributed by atoms with van der Waals surface area (Å²) in [6.07, 6.45) is 0.511. The lowest BCUT2D eigenvalue weighted by molar-refractivity contribution is 0.413. The van der Waals surface area contributed by atoms with Crippen LogP contribution < -0.4 is 5.32 Å². The molecule has 0 bridgehead atoms. The van der Waals surface area contributed by atoms with Gasteiger partial charge in [-0.3, -0.25) is 0 Å². The molecule has 0 saturated heterocycles. The predicted octanol–water partition coefficient (Wildman–Crippen LogP) is 4.73. The van der Waals surface area contributed by atoms with Crippen molar-refractivity contribution in [3.05, 3.63) is 57.2 Å². The van der Waals surface area contributed by atoms with E-state index in [1.165, 1.54) is 6.07 Å². The van der Waals surface area contributed by atoms with E-state index in [1.807, 2.05) is 19.1 Å². The van der Waals surface area contributed by atoms with Gasteiger partial charge in [-0.25, -0.2) is 4.39 Å². The molecule has 2 nitrogen and oxygen atoms in total. The van der Waals surface area contributed by atoms with Gasteiger partial charge in [0.15, 0.2) is 5.22 Å². The third-order valence-electron chi connectivity index (χ3n) is 2.83. The van der Waals surface area contributed by atoms with Gasteiger partial charge in [-0.15, -0.1) is 0 Å². The number of nitrogens with one attached hydrogen (secondary N) is 1. The number of halogens is 3. The second kappa shape index (κ2) is 6.55. The maximum atomic E-state index is 13.9. The SMILES string of the molecule is CCNC(Cc1ccc(Br)cc1F)c1ccc(Cl)o1. The Morgan fingerprint density at radius 3 is 2.74 bits per heavy atom. The van der Waals surface area contributed by atoms with Gasteiger partial charge in [0.1, 0.15) is 11.6 Å². The van der Waals surface area contributed by atoms with Gasteiger partial charge in [-0.1, -0.05) is 28.9 Å². The lowest BCUT2D eigenvalue weighted by Gasteiger charge is -2.16. The normalized spacial score (nSPS) is 12.6. The fraction of sp³-hybridized carbons (Fsp3) is 0.286. The van der Waals surface area contributed by atoms with Crippen molar-refractivity contribution >= 4 is 27.5 Å². The largest absolute Gasteiger partial charge is 0.448 e. The summed E-state index contributed by atoms with van der Waals surface area (Å²) in [5.74, 6) is 0.490. The van der Waals surface area contributed by atoms with Gasteiger partial charge in [0.05, 0.1) is 6.04 Å². The van der Waals surface area contributed by atoms with Gasteiger partial charge in [-0.2, -0.15) is 0 Å². The van der Waals surface area contributed by atoms with Crippen molar-refractivity contribution in [2.75, 3.05) is 6.54 Å². The molecule has 0 aliphatic heterocycles. The molecule has 0 fully saturated rings. The molecule has 0 spiro atoms. The highest BCUT2D eigenvalue weighted by atomic mass is 79.9. The summed E-state index contributed by atoms with van der Waals surface area (Å²) in [6.45, 7) is 2.76. The van der Waals surface area contributed by atoms with E-state index in [4.69, 9.17) is 16.0 Å². The first kappa shape index (κ1) is 14.6. The lowest BCUT2D eigenvalue weighted by Crippen LogP contribution is -2.22. The Bertz CT molecular complexity index is 558. The van der Waals surface area contributed by atoms with Crippen LogP contribution in [0.2, 0.25) is 5.22 Å². The Kier molecular flexibility index (Phi) is 5.02. The van der Waals surface area contributed by atoms with Crippen LogP contribution >= 0.6 is 27.5 Å². The van der Waals surface area contributed by atoms with Gasteiger partial charge < -0.3 is 9.73 Å². The Hall–Kier alpha value is -0.840. The molecule has 0 saturated carbocycles. The Balaban J connectivity index is 2.21. The number of rotatable bonds is 5. The van der Waals surface area contributed by atoms with Crippen LogP contribution in [0.5, 0.6) is 0 Å². The van der Waals surface area contributed by atoms with Crippen molar-refractivity contribution < 1.29 is 8.81 Å². The average Bonchev–Trinajstić information content (AvgIpc) is 2.78. The monoisotopic (exact) mass is 345 g/mol. The summed E-state index contributed by atoms with van der Waals surface area (Å²) >= 11 is 9.03. The van der Waals surface area contributed by atoms with Crippen molar-refractivity contribution in [2.24, 2.45) is 0 Å². The van der Waals surface area contributed by atoms with Gasteiger partial charge in [0.2, 0.25) is 0 Å². The molecule has 1 aromatic carbocycles. The zero-order valence-electron chi connectivity index (χ0n) is 10.4. The van der Waals surface area contributed by atoms with Crippen molar-refractivity contribution in [3.8, 4) is 0 Å². The van der Waals surface area contributed by atoms with Crippen LogP contribution in [0.15, 0.2) is 39.2 Å².